The van der Waals surface area contributed by atoms with Crippen LogP contribution in [-0.4, -0.2) is 155 Å². The number of pyridine rings is 1. The maximum Gasteiger partial charge on any atom is 0.324 e. The zero-order chi connectivity index (χ0) is 54.1. The largest absolute Gasteiger partial charge is 0.464 e. The number of rotatable bonds is 10. The lowest BCUT2D eigenvalue weighted by atomic mass is 9.83. The number of aryl methyl sites for hydroxylation is 1. The second-order valence-corrected chi connectivity index (χ2v) is 22.1. The van der Waals surface area contributed by atoms with Gasteiger partial charge in [-0.2, -0.15) is 0 Å². The first-order valence-corrected chi connectivity index (χ1v) is 26.4. The highest BCUT2D eigenvalue weighted by Gasteiger charge is 2.45. The molecule has 4 aliphatic heterocycles. The highest BCUT2D eigenvalue weighted by Crippen LogP contribution is 2.42. The van der Waals surface area contributed by atoms with E-state index in [9.17, 15) is 24.0 Å². The first kappa shape index (κ1) is 55.0. The molecule has 75 heavy (non-hydrogen) atoms. The van der Waals surface area contributed by atoms with Gasteiger partial charge in [0, 0.05) is 106 Å². The number of ether oxygens (including phenoxy) is 2. The van der Waals surface area contributed by atoms with Crippen LogP contribution in [0.2, 0.25) is 0 Å². The number of alkyl halides is 2. The minimum absolute atomic E-state index is 0.0518. The van der Waals surface area contributed by atoms with Crippen molar-refractivity contribution in [3.05, 3.63) is 89.8 Å². The van der Waals surface area contributed by atoms with Crippen molar-refractivity contribution in [1.82, 2.24) is 44.9 Å². The smallest absolute Gasteiger partial charge is 0.324 e. The molecule has 1 spiro atoms. The molecule has 2 aromatic heterocycles. The Hall–Kier alpha value is -6.24. The third-order valence-corrected chi connectivity index (χ3v) is 16.0. The van der Waals surface area contributed by atoms with Crippen molar-refractivity contribution in [2.45, 2.75) is 123 Å². The van der Waals surface area contributed by atoms with Gasteiger partial charge in [0.15, 0.2) is 0 Å². The van der Waals surface area contributed by atoms with Crippen LogP contribution in [-0.2, 0) is 48.0 Å². The third kappa shape index (κ3) is 11.3. The number of aromatic nitrogens is 2. The van der Waals surface area contributed by atoms with Crippen molar-refractivity contribution in [2.75, 3.05) is 67.1 Å². The molecule has 2 N–H and O–H groups in total. The summed E-state index contributed by atoms with van der Waals surface area (Å²) < 4.78 is 44.4. The normalized spacial score (nSPS) is 21.2. The second-order valence-electron chi connectivity index (χ2n) is 22.1. The number of hydrogen-bond donors (Lipinski definition) is 2. The van der Waals surface area contributed by atoms with Crippen LogP contribution >= 0.6 is 0 Å². The zero-order valence-electron chi connectivity index (χ0n) is 45.1. The quantitative estimate of drug-likeness (QED) is 0.120. The Morgan fingerprint density at radius 1 is 1.01 bits per heavy atom. The fourth-order valence-electron chi connectivity index (χ4n) is 11.8. The Bertz CT molecular complexity index is 2810. The van der Waals surface area contributed by atoms with Crippen LogP contribution in [0.1, 0.15) is 102 Å². The van der Waals surface area contributed by atoms with Gasteiger partial charge in [0.05, 0.1) is 24.1 Å². The molecule has 0 saturated carbocycles. The van der Waals surface area contributed by atoms with Crippen molar-refractivity contribution >= 4 is 40.6 Å². The van der Waals surface area contributed by atoms with Crippen LogP contribution in [0.3, 0.4) is 0 Å². The molecule has 5 amide bonds. The van der Waals surface area contributed by atoms with Crippen molar-refractivity contribution in [1.29, 1.82) is 0 Å². The number of fused-ring (bicyclic) bond motifs is 6. The molecular weight excluding hydrogens is 961 g/mol. The van der Waals surface area contributed by atoms with E-state index in [1.165, 1.54) is 28.1 Å². The number of likely N-dealkylation sites (N-methyl/N-ethyl adjacent to an activating group) is 2. The number of amides is 5. The topological polar surface area (TPSA) is 162 Å². The zero-order valence-corrected chi connectivity index (χ0v) is 45.1. The van der Waals surface area contributed by atoms with Gasteiger partial charge in [-0.05, 0) is 118 Å². The van der Waals surface area contributed by atoms with Crippen LogP contribution in [0.5, 0.6) is 0 Å². The molecule has 4 aliphatic rings. The molecule has 6 bridgehead atoms. The van der Waals surface area contributed by atoms with E-state index >= 15 is 8.78 Å². The number of likely N-dealkylation sites (tertiary alicyclic amines) is 1. The van der Waals surface area contributed by atoms with Gasteiger partial charge < -0.3 is 34.1 Å². The van der Waals surface area contributed by atoms with Gasteiger partial charge in [-0.15, -0.1) is 0 Å². The van der Waals surface area contributed by atoms with Crippen molar-refractivity contribution in [3.63, 3.8) is 0 Å². The molecule has 0 unspecified atom stereocenters. The number of cyclic esters (lactones) is 1. The lowest BCUT2D eigenvalue weighted by molar-refractivity contribution is -0.155. The van der Waals surface area contributed by atoms with Gasteiger partial charge in [-0.25, -0.2) is 19.0 Å². The van der Waals surface area contributed by atoms with Crippen molar-refractivity contribution in [3.8, 4) is 22.4 Å². The molecule has 16 nitrogen and oxygen atoms in total. The molecule has 18 heteroatoms. The van der Waals surface area contributed by atoms with E-state index in [1.807, 2.05) is 76.9 Å². The number of carbonyl (C=O) groups excluding carboxylic acids is 5. The molecule has 404 valence electrons. The molecule has 4 aromatic rings. The summed E-state index contributed by atoms with van der Waals surface area (Å²) in [4.78, 5) is 82.8. The number of piperazine rings is 1. The number of piperidine rings is 1. The molecule has 4 atom stereocenters. The molecule has 8 rings (SSSR count). The molecule has 3 saturated heterocycles. The van der Waals surface area contributed by atoms with Gasteiger partial charge in [0.2, 0.25) is 11.8 Å². The van der Waals surface area contributed by atoms with E-state index in [-0.39, 0.29) is 48.7 Å². The summed E-state index contributed by atoms with van der Waals surface area (Å²) in [7, 11) is 5.27. The van der Waals surface area contributed by atoms with Gasteiger partial charge in [0.25, 0.3) is 12.3 Å². The van der Waals surface area contributed by atoms with E-state index in [2.05, 4.69) is 33.7 Å². The molecule has 0 aliphatic carbocycles. The standard InChI is InChI=1S/C57H75F2N9O7/c1-11-47(69)66-26-25-63(8)57(33-66)19-23-65(24-20-57)55(73)64(9)49(35(3)4)52(70)61-45-29-37-27-39(30-40(28-37)51(58)59)38-17-18-46-42(31-38)43(50(67(46)12-2)41-15-13-21-60-48(41)36(5)74-10)32-56(6,7)34-75-54(72)44-16-14-22-68(62-44)53(45)71/h11,13,15,17-18,21,27-28,30-31,35-36,44-45,49,51,62H,1,12,14,16,19-20,22-26,29,32-34H2,2-10H3,(H,61,70)/t36-,44-,45-,49-/m0/s1. The Balaban J connectivity index is 1.16. The predicted octanol–water partition coefficient (Wildman–Crippen LogP) is 7.55. The minimum atomic E-state index is -2.86. The monoisotopic (exact) mass is 1040 g/mol. The van der Waals surface area contributed by atoms with E-state index in [4.69, 9.17) is 14.5 Å². The number of nitrogens with zero attached hydrogens (tertiary/aromatic N) is 7. The lowest BCUT2D eigenvalue weighted by Crippen LogP contribution is -2.66. The Labute approximate surface area is 439 Å². The maximum absolute atomic E-state index is 15.1. The number of halogens is 2. The first-order chi connectivity index (χ1) is 35.7. The molecule has 3 fully saturated rings. The lowest BCUT2D eigenvalue weighted by Gasteiger charge is -2.53. The third-order valence-electron chi connectivity index (χ3n) is 16.0. The van der Waals surface area contributed by atoms with Crippen molar-refractivity contribution < 1.29 is 42.2 Å². The summed E-state index contributed by atoms with van der Waals surface area (Å²) in [6.45, 7) is 18.9. The van der Waals surface area contributed by atoms with Gasteiger partial charge in [-0.1, -0.05) is 52.5 Å². The summed E-state index contributed by atoms with van der Waals surface area (Å²) >= 11 is 0. The number of methoxy groups -OCH3 is 1. The molecule has 2 aromatic carbocycles. The van der Waals surface area contributed by atoms with Crippen LogP contribution in [0.15, 0.2) is 67.4 Å². The summed E-state index contributed by atoms with van der Waals surface area (Å²) in [5, 5.41) is 5.20. The number of hydrazine groups is 1. The molecule has 0 radical (unpaired) electrons. The number of benzene rings is 2. The number of urea groups is 1. The van der Waals surface area contributed by atoms with E-state index in [0.717, 1.165) is 33.4 Å². The maximum atomic E-state index is 15.1. The van der Waals surface area contributed by atoms with Gasteiger partial charge in [0.1, 0.15) is 18.1 Å². The van der Waals surface area contributed by atoms with Crippen LogP contribution in [0.25, 0.3) is 33.3 Å². The Kier molecular flexibility index (Phi) is 16.5. The number of hydrogen-bond acceptors (Lipinski definition) is 10. The van der Waals surface area contributed by atoms with E-state index in [0.29, 0.717) is 88.1 Å². The number of nitrogens with one attached hydrogen (secondary N) is 2. The average Bonchev–Trinajstić information content (AvgIpc) is 3.70. The molecule has 6 heterocycles. The summed E-state index contributed by atoms with van der Waals surface area (Å²) in [5.74, 6) is -2.22. The van der Waals surface area contributed by atoms with Gasteiger partial charge in [-0.3, -0.25) is 34.1 Å². The fourth-order valence-corrected chi connectivity index (χ4v) is 11.8. The van der Waals surface area contributed by atoms with Crippen LogP contribution in [0.4, 0.5) is 13.6 Å². The average molecular weight is 1040 g/mol. The summed E-state index contributed by atoms with van der Waals surface area (Å²) in [5.41, 5.74) is 7.97. The SMILES string of the molecule is C=CC(=O)N1CCN(C)C2(CCN(C(=O)N(C)[C@H](C(=O)N[C@H]3Cc4cc(cc(C(F)F)c4)-c4ccc5c(c4)c(c(-c4cccnc4[C@H](C)OC)n5CC)CC(C)(C)COC(=O)[C@@H]4CCCN(N4)C3=O)C(C)C)CC2)C1. The Morgan fingerprint density at radius 3 is 2.44 bits per heavy atom. The first-order valence-electron chi connectivity index (χ1n) is 26.4. The highest BCUT2D eigenvalue weighted by molar-refractivity contribution is 5.96. The highest BCUT2D eigenvalue weighted by atomic mass is 19.3. The second kappa shape index (κ2) is 22.5. The van der Waals surface area contributed by atoms with E-state index < -0.39 is 53.7 Å². The minimum Gasteiger partial charge on any atom is -0.464 e. The fraction of sp³-hybridized carbons (Fsp3) is 0.544. The summed E-state index contributed by atoms with van der Waals surface area (Å²) in [6, 6.07) is 10.9. The summed E-state index contributed by atoms with van der Waals surface area (Å²) in [6.07, 6.45) is 2.25. The van der Waals surface area contributed by atoms with Gasteiger partial charge >= 0.3 is 12.0 Å². The van der Waals surface area contributed by atoms with Crippen molar-refractivity contribution in [2.24, 2.45) is 11.3 Å². The van der Waals surface area contributed by atoms with E-state index in [1.54, 1.807) is 31.3 Å². The van der Waals surface area contributed by atoms with Crippen LogP contribution < -0.4 is 10.7 Å². The Morgan fingerprint density at radius 2 is 1.76 bits per heavy atom. The van der Waals surface area contributed by atoms with Crippen LogP contribution in [0, 0.1) is 11.3 Å². The predicted molar refractivity (Wildman–Crippen MR) is 283 cm³/mol. The molecular formula is C57H75F2N9O7. The number of esters is 1. The number of carbonyl (C=O) groups is 5.